The molecule has 2 fully saturated rings. The molecule has 188 valence electrons. The number of epoxide rings is 1. The van der Waals surface area contributed by atoms with Gasteiger partial charge >= 0.3 is 0 Å². The molecule has 0 radical (unpaired) electrons. The lowest BCUT2D eigenvalue weighted by Crippen LogP contribution is -2.26. The Labute approximate surface area is 214 Å². The molecule has 2 aromatic heterocycles. The molecular formula is C29H30N6O2. The number of nitrogens with two attached hydrogens (primary N) is 1. The summed E-state index contributed by atoms with van der Waals surface area (Å²) in [6.45, 7) is 2.14. The van der Waals surface area contributed by atoms with Crippen molar-refractivity contribution in [1.82, 2.24) is 19.9 Å². The summed E-state index contributed by atoms with van der Waals surface area (Å²) in [5, 5.41) is 7.20. The van der Waals surface area contributed by atoms with Gasteiger partial charge in [0.15, 0.2) is 11.1 Å². The second-order valence-corrected chi connectivity index (χ2v) is 10.3. The Morgan fingerprint density at radius 2 is 1.84 bits per heavy atom. The summed E-state index contributed by atoms with van der Waals surface area (Å²) in [6, 6.07) is 15.0. The van der Waals surface area contributed by atoms with Gasteiger partial charge in [-0.05, 0) is 92.1 Å². The van der Waals surface area contributed by atoms with Crippen LogP contribution in [0.4, 0.5) is 11.6 Å². The summed E-state index contributed by atoms with van der Waals surface area (Å²) in [5.41, 5.74) is 12.9. The van der Waals surface area contributed by atoms with Crippen LogP contribution in [-0.4, -0.2) is 33.9 Å². The fourth-order valence-electron chi connectivity index (χ4n) is 5.80. The average Bonchev–Trinajstić information content (AvgIpc) is 3.47. The maximum atomic E-state index is 13.3. The Balaban J connectivity index is 1.27. The van der Waals surface area contributed by atoms with Crippen LogP contribution in [0.1, 0.15) is 53.5 Å². The van der Waals surface area contributed by atoms with E-state index in [0.29, 0.717) is 28.5 Å². The van der Waals surface area contributed by atoms with Gasteiger partial charge in [-0.25, -0.2) is 4.98 Å². The van der Waals surface area contributed by atoms with Gasteiger partial charge in [0.05, 0.1) is 5.39 Å². The van der Waals surface area contributed by atoms with Crippen LogP contribution in [-0.2, 0) is 17.6 Å². The summed E-state index contributed by atoms with van der Waals surface area (Å²) in [5.74, 6) is 1.05. The number of aryl methyl sites for hydroxylation is 2. The third-order valence-electron chi connectivity index (χ3n) is 7.94. The quantitative estimate of drug-likeness (QED) is 0.362. The number of ether oxygens (including phenoxy) is 1. The first-order chi connectivity index (χ1) is 18.1. The van der Waals surface area contributed by atoms with Crippen molar-refractivity contribution < 1.29 is 4.74 Å². The second kappa shape index (κ2) is 9.06. The van der Waals surface area contributed by atoms with Crippen molar-refractivity contribution in [2.45, 2.75) is 50.4 Å². The first kappa shape index (κ1) is 22.6. The maximum absolute atomic E-state index is 13.3. The molecule has 8 heteroatoms. The molecule has 37 heavy (non-hydrogen) atoms. The van der Waals surface area contributed by atoms with Gasteiger partial charge in [0, 0.05) is 29.3 Å². The molecule has 4 aromatic rings. The molecule has 2 aliphatic heterocycles. The highest BCUT2D eigenvalue weighted by Gasteiger charge is 2.39. The van der Waals surface area contributed by atoms with Crippen LogP contribution in [0.3, 0.4) is 0 Å². The zero-order chi connectivity index (χ0) is 24.9. The number of benzene rings is 2. The predicted molar refractivity (Wildman–Crippen MR) is 144 cm³/mol. The van der Waals surface area contributed by atoms with Crippen molar-refractivity contribution >= 4 is 22.7 Å². The van der Waals surface area contributed by atoms with Gasteiger partial charge in [0.2, 0.25) is 5.95 Å². The first-order valence-corrected chi connectivity index (χ1v) is 13.2. The first-order valence-electron chi connectivity index (χ1n) is 13.2. The minimum atomic E-state index is -0.451. The van der Waals surface area contributed by atoms with E-state index >= 15 is 0 Å². The lowest BCUT2D eigenvalue weighted by Gasteiger charge is -2.23. The molecule has 3 aliphatic rings. The van der Waals surface area contributed by atoms with Crippen LogP contribution in [0, 0.1) is 0 Å². The number of pyridine rings is 1. The minimum Gasteiger partial charge on any atom is -0.348 e. The molecular weight excluding hydrogens is 464 g/mol. The van der Waals surface area contributed by atoms with E-state index in [1.54, 1.807) is 6.20 Å². The van der Waals surface area contributed by atoms with Crippen LogP contribution < -0.4 is 21.8 Å². The number of rotatable bonds is 5. The van der Waals surface area contributed by atoms with Crippen molar-refractivity contribution in [3.63, 3.8) is 0 Å². The SMILES string of the molecule is NC1OC1c1cn(-c2ccc3c(c2)CCC3)c2nc(Nc3ccc(C4CCNCC4)cc3)ncc2c1=O. The molecule has 4 N–H and O–H groups in total. The summed E-state index contributed by atoms with van der Waals surface area (Å²) < 4.78 is 7.44. The number of piperidine rings is 1. The number of hydrogen-bond donors (Lipinski definition) is 3. The zero-order valence-corrected chi connectivity index (χ0v) is 20.6. The Kier molecular flexibility index (Phi) is 5.53. The molecule has 8 nitrogen and oxygen atoms in total. The fraction of sp³-hybridized carbons (Fsp3) is 0.345. The van der Waals surface area contributed by atoms with E-state index in [1.807, 2.05) is 10.8 Å². The van der Waals surface area contributed by atoms with Crippen molar-refractivity contribution in [1.29, 1.82) is 0 Å². The fourth-order valence-corrected chi connectivity index (χ4v) is 5.80. The van der Waals surface area contributed by atoms with Gasteiger partial charge in [-0.2, -0.15) is 4.98 Å². The molecule has 7 rings (SSSR count). The van der Waals surface area contributed by atoms with E-state index in [2.05, 4.69) is 58.1 Å². The molecule has 0 spiro atoms. The largest absolute Gasteiger partial charge is 0.348 e. The smallest absolute Gasteiger partial charge is 0.229 e. The second-order valence-electron chi connectivity index (χ2n) is 10.3. The Hall–Kier alpha value is -3.59. The molecule has 4 heterocycles. The molecule has 2 saturated heterocycles. The van der Waals surface area contributed by atoms with E-state index < -0.39 is 12.3 Å². The lowest BCUT2D eigenvalue weighted by molar-refractivity contribution is 0.376. The van der Waals surface area contributed by atoms with Crippen LogP contribution in [0.5, 0.6) is 0 Å². The Morgan fingerprint density at radius 1 is 1.05 bits per heavy atom. The Morgan fingerprint density at radius 3 is 2.62 bits per heavy atom. The number of anilines is 2. The summed E-state index contributed by atoms with van der Waals surface area (Å²) >= 11 is 0. The monoisotopic (exact) mass is 494 g/mol. The minimum absolute atomic E-state index is 0.136. The lowest BCUT2D eigenvalue weighted by atomic mass is 9.90. The van der Waals surface area contributed by atoms with Gasteiger partial charge in [0.25, 0.3) is 0 Å². The van der Waals surface area contributed by atoms with E-state index in [4.69, 9.17) is 15.5 Å². The average molecular weight is 495 g/mol. The van der Waals surface area contributed by atoms with Crippen LogP contribution in [0.25, 0.3) is 16.7 Å². The number of fused-ring (bicyclic) bond motifs is 2. The number of aromatic nitrogens is 3. The van der Waals surface area contributed by atoms with Gasteiger partial charge in [-0.15, -0.1) is 0 Å². The topological polar surface area (TPSA) is 110 Å². The molecule has 1 aliphatic carbocycles. The van der Waals surface area contributed by atoms with Gasteiger partial charge in [-0.1, -0.05) is 18.2 Å². The van der Waals surface area contributed by atoms with Gasteiger partial charge in [0.1, 0.15) is 12.3 Å². The van der Waals surface area contributed by atoms with E-state index in [1.165, 1.54) is 36.0 Å². The Bertz CT molecular complexity index is 1540. The maximum Gasteiger partial charge on any atom is 0.229 e. The van der Waals surface area contributed by atoms with Gasteiger partial charge < -0.3 is 25.7 Å². The van der Waals surface area contributed by atoms with Crippen LogP contribution in [0.15, 0.2) is 59.7 Å². The van der Waals surface area contributed by atoms with Crippen LogP contribution >= 0.6 is 0 Å². The van der Waals surface area contributed by atoms with Crippen molar-refractivity contribution in [2.24, 2.45) is 5.73 Å². The van der Waals surface area contributed by atoms with Crippen molar-refractivity contribution in [2.75, 3.05) is 18.4 Å². The normalized spacial score (nSPS) is 21.2. The number of nitrogens with zero attached hydrogens (tertiary/aromatic N) is 3. The number of nitrogens with one attached hydrogen (secondary N) is 2. The van der Waals surface area contributed by atoms with Crippen molar-refractivity contribution in [3.8, 4) is 5.69 Å². The van der Waals surface area contributed by atoms with Gasteiger partial charge in [-0.3, -0.25) is 4.79 Å². The van der Waals surface area contributed by atoms with Crippen LogP contribution in [0.2, 0.25) is 0 Å². The number of hydrogen-bond acceptors (Lipinski definition) is 7. The summed E-state index contributed by atoms with van der Waals surface area (Å²) in [4.78, 5) is 22.6. The highest BCUT2D eigenvalue weighted by Crippen LogP contribution is 2.35. The summed E-state index contributed by atoms with van der Waals surface area (Å²) in [6.07, 6.45) is 8.29. The molecule has 2 aromatic carbocycles. The van der Waals surface area contributed by atoms with Crippen molar-refractivity contribution in [3.05, 3.63) is 87.3 Å². The summed E-state index contributed by atoms with van der Waals surface area (Å²) in [7, 11) is 0. The molecule has 0 bridgehead atoms. The molecule has 0 amide bonds. The van der Waals surface area contributed by atoms with E-state index in [0.717, 1.165) is 37.3 Å². The van der Waals surface area contributed by atoms with E-state index in [9.17, 15) is 4.79 Å². The zero-order valence-electron chi connectivity index (χ0n) is 20.6. The highest BCUT2D eigenvalue weighted by atomic mass is 16.6. The molecule has 2 unspecified atom stereocenters. The standard InChI is InChI=1S/C29H30N6O2/c30-27-26(37-27)24-16-35(22-9-6-17-2-1-3-20(17)14-22)28-23(25(24)36)15-32-29(34-28)33-21-7-4-18(5-8-21)19-10-12-31-13-11-19/h4-9,14-16,19,26-27,31H,1-3,10-13,30H2,(H,32,33,34). The highest BCUT2D eigenvalue weighted by molar-refractivity contribution is 5.78. The predicted octanol–water partition coefficient (Wildman–Crippen LogP) is 3.84. The molecule has 2 atom stereocenters. The molecule has 0 saturated carbocycles. The third-order valence-corrected chi connectivity index (χ3v) is 7.94. The third kappa shape index (κ3) is 4.21. The van der Waals surface area contributed by atoms with E-state index in [-0.39, 0.29) is 5.43 Å².